The second-order valence-electron chi connectivity index (χ2n) is 9.56. The van der Waals surface area contributed by atoms with Crippen molar-refractivity contribution < 1.29 is 20.5 Å². The molecule has 0 atom stereocenters. The van der Waals surface area contributed by atoms with E-state index in [1.54, 1.807) is 0 Å². The Morgan fingerprint density at radius 3 is 2.23 bits per heavy atom. The van der Waals surface area contributed by atoms with Crippen molar-refractivity contribution in [3.63, 3.8) is 0 Å². The van der Waals surface area contributed by atoms with E-state index in [1.165, 1.54) is 5.56 Å². The van der Waals surface area contributed by atoms with E-state index in [4.69, 9.17) is 9.47 Å². The molecule has 5 heteroatoms. The Hall–Kier alpha value is -1.72. The minimum absolute atomic E-state index is 0. The summed E-state index contributed by atoms with van der Waals surface area (Å²) in [5.74, 6) is 1.18. The topological polar surface area (TPSA) is 64.6 Å². The van der Waals surface area contributed by atoms with Crippen LogP contribution >= 0.6 is 0 Å². The summed E-state index contributed by atoms with van der Waals surface area (Å²) in [5.41, 5.74) is 1.77. The Labute approximate surface area is 183 Å². The minimum Gasteiger partial charge on any atom is -0.377 e. The van der Waals surface area contributed by atoms with E-state index in [-0.39, 0.29) is 24.8 Å². The van der Waals surface area contributed by atoms with Gasteiger partial charge in [-0.1, -0.05) is 26.0 Å². The lowest BCUT2D eigenvalue weighted by atomic mass is 9.75. The van der Waals surface area contributed by atoms with Gasteiger partial charge in [0.2, 0.25) is 0 Å². The number of amides is 1. The summed E-state index contributed by atoms with van der Waals surface area (Å²) >= 11 is 0. The third-order valence-corrected chi connectivity index (χ3v) is 5.64. The standard InChI is InChI=1S/C25H39NO4.H2/c1-18(2)23(27)21-10-6-19(7-11-21)20-8-12-22(13-9-20)24(28)26-14-15-29-16-17-30-25(3,4)5;/h8-9,12-13,18-19,21H,6-7,10-11,14-17H2,1-5H3,(H,26,28);1H. The van der Waals surface area contributed by atoms with Crippen LogP contribution in [0.3, 0.4) is 0 Å². The van der Waals surface area contributed by atoms with Crippen LogP contribution in [-0.4, -0.2) is 43.7 Å². The van der Waals surface area contributed by atoms with Gasteiger partial charge in [-0.3, -0.25) is 9.59 Å². The second-order valence-corrected chi connectivity index (χ2v) is 9.56. The van der Waals surface area contributed by atoms with Crippen molar-refractivity contribution in [3.05, 3.63) is 35.4 Å². The summed E-state index contributed by atoms with van der Waals surface area (Å²) in [6.07, 6.45) is 4.05. The van der Waals surface area contributed by atoms with Crippen molar-refractivity contribution in [2.75, 3.05) is 26.4 Å². The quantitative estimate of drug-likeness (QED) is 0.543. The average molecular weight is 420 g/mol. The number of hydrogen-bond donors (Lipinski definition) is 1. The molecule has 1 aromatic rings. The maximum absolute atomic E-state index is 12.3. The molecule has 0 aromatic heterocycles. The summed E-state index contributed by atoms with van der Waals surface area (Å²) in [6, 6.07) is 7.91. The molecule has 0 saturated heterocycles. The predicted molar refractivity (Wildman–Crippen MR) is 122 cm³/mol. The van der Waals surface area contributed by atoms with E-state index >= 15 is 0 Å². The zero-order chi connectivity index (χ0) is 22.1. The highest BCUT2D eigenvalue weighted by molar-refractivity contribution is 5.94. The molecule has 1 aliphatic rings. The molecular formula is C25H41NO4. The molecule has 0 radical (unpaired) electrons. The van der Waals surface area contributed by atoms with Crippen LogP contribution in [0.15, 0.2) is 24.3 Å². The molecule has 0 heterocycles. The van der Waals surface area contributed by atoms with E-state index in [0.717, 1.165) is 25.7 Å². The van der Waals surface area contributed by atoms with E-state index in [1.807, 2.05) is 46.8 Å². The highest BCUT2D eigenvalue weighted by Gasteiger charge is 2.28. The molecule has 1 aromatic carbocycles. The molecule has 0 aliphatic heterocycles. The molecule has 0 bridgehead atoms. The molecule has 0 unspecified atom stereocenters. The lowest BCUT2D eigenvalue weighted by Gasteiger charge is -2.29. The summed E-state index contributed by atoms with van der Waals surface area (Å²) in [6.45, 7) is 12.0. The number of ether oxygens (including phenoxy) is 2. The second kappa shape index (κ2) is 11.6. The van der Waals surface area contributed by atoms with E-state index < -0.39 is 0 Å². The zero-order valence-electron chi connectivity index (χ0n) is 19.3. The number of hydrogen-bond acceptors (Lipinski definition) is 4. The molecule has 1 amide bonds. The summed E-state index contributed by atoms with van der Waals surface area (Å²) in [4.78, 5) is 24.5. The fraction of sp³-hybridized carbons (Fsp3) is 0.680. The van der Waals surface area contributed by atoms with Crippen molar-refractivity contribution in [1.82, 2.24) is 5.32 Å². The Bertz CT molecular complexity index is 674. The first-order valence-corrected chi connectivity index (χ1v) is 11.3. The average Bonchev–Trinajstić information content (AvgIpc) is 2.71. The van der Waals surface area contributed by atoms with Gasteiger partial charge in [-0.25, -0.2) is 0 Å². The molecular weight excluding hydrogens is 378 g/mol. The SMILES string of the molecule is CC(C)C(=O)C1CCC(c2ccc(C(=O)NCCOCCOC(C)(C)C)cc2)CC1.[HH]. The van der Waals surface area contributed by atoms with Gasteiger partial charge in [0.05, 0.1) is 25.4 Å². The fourth-order valence-corrected chi connectivity index (χ4v) is 3.94. The van der Waals surface area contributed by atoms with Gasteiger partial charge < -0.3 is 14.8 Å². The summed E-state index contributed by atoms with van der Waals surface area (Å²) < 4.78 is 11.1. The van der Waals surface area contributed by atoms with Gasteiger partial charge >= 0.3 is 0 Å². The van der Waals surface area contributed by atoms with Gasteiger partial charge in [0.25, 0.3) is 5.91 Å². The van der Waals surface area contributed by atoms with Crippen LogP contribution in [0.4, 0.5) is 0 Å². The first-order chi connectivity index (χ1) is 14.2. The lowest BCUT2D eigenvalue weighted by molar-refractivity contribution is -0.126. The summed E-state index contributed by atoms with van der Waals surface area (Å²) in [5, 5.41) is 2.89. The molecule has 5 nitrogen and oxygen atoms in total. The normalized spacial score (nSPS) is 19.7. The highest BCUT2D eigenvalue weighted by Crippen LogP contribution is 2.37. The van der Waals surface area contributed by atoms with Crippen LogP contribution in [0, 0.1) is 11.8 Å². The van der Waals surface area contributed by atoms with Crippen molar-refractivity contribution in [1.29, 1.82) is 0 Å². The highest BCUT2D eigenvalue weighted by atomic mass is 16.5. The van der Waals surface area contributed by atoms with E-state index in [2.05, 4.69) is 17.4 Å². The third kappa shape index (κ3) is 8.19. The van der Waals surface area contributed by atoms with Crippen LogP contribution in [0.25, 0.3) is 0 Å². The monoisotopic (exact) mass is 419 g/mol. The molecule has 2 rings (SSSR count). The Balaban J connectivity index is 0.00000480. The third-order valence-electron chi connectivity index (χ3n) is 5.64. The van der Waals surface area contributed by atoms with Crippen molar-refractivity contribution in [2.24, 2.45) is 11.8 Å². The first-order valence-electron chi connectivity index (χ1n) is 11.3. The number of benzene rings is 1. The van der Waals surface area contributed by atoms with Crippen molar-refractivity contribution >= 4 is 11.7 Å². The Kier molecular flexibility index (Phi) is 9.50. The molecule has 1 N–H and O–H groups in total. The fourth-order valence-electron chi connectivity index (χ4n) is 3.94. The lowest BCUT2D eigenvalue weighted by Crippen LogP contribution is -2.28. The molecule has 1 saturated carbocycles. The maximum atomic E-state index is 12.3. The van der Waals surface area contributed by atoms with Crippen molar-refractivity contribution in [2.45, 2.75) is 71.8 Å². The molecule has 1 fully saturated rings. The van der Waals surface area contributed by atoms with Crippen LogP contribution < -0.4 is 5.32 Å². The maximum Gasteiger partial charge on any atom is 0.251 e. The van der Waals surface area contributed by atoms with Crippen LogP contribution in [0.2, 0.25) is 0 Å². The smallest absolute Gasteiger partial charge is 0.251 e. The van der Waals surface area contributed by atoms with Gasteiger partial charge in [-0.15, -0.1) is 0 Å². The van der Waals surface area contributed by atoms with Crippen molar-refractivity contribution in [3.8, 4) is 0 Å². The largest absolute Gasteiger partial charge is 0.377 e. The number of carbonyl (C=O) groups excluding carboxylic acids is 2. The zero-order valence-corrected chi connectivity index (χ0v) is 19.3. The molecule has 1 aliphatic carbocycles. The van der Waals surface area contributed by atoms with Crippen LogP contribution in [0.1, 0.15) is 83.6 Å². The summed E-state index contributed by atoms with van der Waals surface area (Å²) in [7, 11) is 0. The Morgan fingerprint density at radius 1 is 1.03 bits per heavy atom. The molecule has 170 valence electrons. The van der Waals surface area contributed by atoms with E-state index in [9.17, 15) is 9.59 Å². The molecule has 0 spiro atoms. The van der Waals surface area contributed by atoms with E-state index in [0.29, 0.717) is 43.6 Å². The predicted octanol–water partition coefficient (Wildman–Crippen LogP) is 4.99. The first kappa shape index (κ1) is 24.5. The van der Waals surface area contributed by atoms with Crippen LogP contribution in [-0.2, 0) is 14.3 Å². The number of ketones is 1. The van der Waals surface area contributed by atoms with Gasteiger partial charge in [-0.05, 0) is 70.1 Å². The number of nitrogens with one attached hydrogen (secondary N) is 1. The van der Waals surface area contributed by atoms with Gasteiger partial charge in [0, 0.05) is 25.4 Å². The van der Waals surface area contributed by atoms with Gasteiger partial charge in [0.1, 0.15) is 5.78 Å². The number of Topliss-reactive ketones (excluding diaryl/α,β-unsaturated/α-hetero) is 1. The molecule has 30 heavy (non-hydrogen) atoms. The van der Waals surface area contributed by atoms with Crippen LogP contribution in [0.5, 0.6) is 0 Å². The number of rotatable bonds is 10. The van der Waals surface area contributed by atoms with Gasteiger partial charge in [-0.2, -0.15) is 0 Å². The van der Waals surface area contributed by atoms with Gasteiger partial charge in [0.15, 0.2) is 0 Å². The Morgan fingerprint density at radius 2 is 1.67 bits per heavy atom. The minimum atomic E-state index is -0.158. The number of carbonyl (C=O) groups is 2.